The third-order valence-electron chi connectivity index (χ3n) is 2.11. The van der Waals surface area contributed by atoms with E-state index >= 15 is 0 Å². The first-order valence-corrected chi connectivity index (χ1v) is 5.31. The van der Waals surface area contributed by atoms with Crippen LogP contribution in [0.25, 0.3) is 11.5 Å². The normalized spacial score (nSPS) is 10.4. The second-order valence-electron chi connectivity index (χ2n) is 3.29. The van der Waals surface area contributed by atoms with E-state index in [9.17, 15) is 0 Å². The summed E-state index contributed by atoms with van der Waals surface area (Å²) in [5, 5.41) is 0.550. The maximum Gasteiger partial charge on any atom is 0.179 e. The van der Waals surface area contributed by atoms with Crippen molar-refractivity contribution in [2.24, 2.45) is 5.73 Å². The van der Waals surface area contributed by atoms with Crippen molar-refractivity contribution in [3.63, 3.8) is 0 Å². The fourth-order valence-electron chi connectivity index (χ4n) is 1.32. The summed E-state index contributed by atoms with van der Waals surface area (Å²) in [7, 11) is 0. The topological polar surface area (TPSA) is 64.7 Å². The Bertz CT molecular complexity index is 470. The summed E-state index contributed by atoms with van der Waals surface area (Å²) in [5.41, 5.74) is 7.06. The van der Waals surface area contributed by atoms with Gasteiger partial charge in [0.05, 0.1) is 5.02 Å². The number of nitrogens with two attached hydrogens (primary N) is 1. The number of hydrogen-bond donors (Lipinski definition) is 1. The Morgan fingerprint density at radius 1 is 1.19 bits per heavy atom. The third kappa shape index (κ3) is 2.35. The van der Waals surface area contributed by atoms with Crippen LogP contribution in [0.2, 0.25) is 5.02 Å². The minimum Gasteiger partial charge on any atom is -0.330 e. The lowest BCUT2D eigenvalue weighted by molar-refractivity contribution is 0.941. The average Bonchev–Trinajstić information content (AvgIpc) is 2.31. The van der Waals surface area contributed by atoms with Crippen LogP contribution < -0.4 is 5.73 Å². The van der Waals surface area contributed by atoms with Crippen LogP contribution in [0.1, 0.15) is 5.56 Å². The van der Waals surface area contributed by atoms with E-state index in [4.69, 9.17) is 17.3 Å². The molecule has 82 valence electrons. The number of aromatic nitrogens is 3. The van der Waals surface area contributed by atoms with E-state index in [2.05, 4.69) is 15.0 Å². The minimum atomic E-state index is 0.534. The Hall–Kier alpha value is -1.52. The van der Waals surface area contributed by atoms with Gasteiger partial charge in [0.25, 0.3) is 0 Å². The van der Waals surface area contributed by atoms with Gasteiger partial charge in [0.2, 0.25) is 0 Å². The smallest absolute Gasteiger partial charge is 0.179 e. The molecule has 0 aliphatic heterocycles. The molecule has 2 N–H and O–H groups in total. The van der Waals surface area contributed by atoms with Crippen LogP contribution in [0.3, 0.4) is 0 Å². The van der Waals surface area contributed by atoms with E-state index < -0.39 is 0 Å². The molecule has 0 saturated carbocycles. The molecule has 0 amide bonds. The van der Waals surface area contributed by atoms with Crippen molar-refractivity contribution >= 4 is 11.6 Å². The van der Waals surface area contributed by atoms with Gasteiger partial charge in [-0.3, -0.25) is 4.98 Å². The maximum atomic E-state index is 6.00. The zero-order valence-corrected chi connectivity index (χ0v) is 9.35. The van der Waals surface area contributed by atoms with Gasteiger partial charge < -0.3 is 5.73 Å². The molecule has 0 unspecified atom stereocenters. The highest BCUT2D eigenvalue weighted by Gasteiger charge is 2.06. The summed E-state index contributed by atoms with van der Waals surface area (Å²) in [6.45, 7) is 0.590. The predicted octanol–water partition coefficient (Wildman–Crippen LogP) is 1.69. The van der Waals surface area contributed by atoms with Crippen molar-refractivity contribution < 1.29 is 0 Å². The van der Waals surface area contributed by atoms with Gasteiger partial charge in [-0.2, -0.15) is 0 Å². The van der Waals surface area contributed by atoms with E-state index in [0.717, 1.165) is 12.0 Å². The first-order valence-electron chi connectivity index (χ1n) is 4.93. The first kappa shape index (κ1) is 11.0. The second kappa shape index (κ2) is 5.01. The van der Waals surface area contributed by atoms with Gasteiger partial charge in [-0.1, -0.05) is 11.6 Å². The molecule has 2 heterocycles. The van der Waals surface area contributed by atoms with Crippen molar-refractivity contribution in [1.29, 1.82) is 0 Å². The second-order valence-corrected chi connectivity index (χ2v) is 3.69. The Morgan fingerprint density at radius 3 is 2.56 bits per heavy atom. The molecular formula is C11H11ClN4. The summed E-state index contributed by atoms with van der Waals surface area (Å²) in [6.07, 6.45) is 5.94. The lowest BCUT2D eigenvalue weighted by atomic mass is 10.2. The molecule has 5 heteroatoms. The summed E-state index contributed by atoms with van der Waals surface area (Å²) in [6, 6.07) is 3.54. The van der Waals surface area contributed by atoms with Crippen LogP contribution in [0, 0.1) is 0 Å². The van der Waals surface area contributed by atoms with E-state index in [1.165, 1.54) is 0 Å². The summed E-state index contributed by atoms with van der Waals surface area (Å²) >= 11 is 6.00. The minimum absolute atomic E-state index is 0.534. The first-order chi connectivity index (χ1) is 7.81. The molecule has 0 bridgehead atoms. The number of rotatable bonds is 3. The quantitative estimate of drug-likeness (QED) is 0.878. The number of nitrogens with zero attached hydrogens (tertiary/aromatic N) is 3. The monoisotopic (exact) mass is 234 g/mol. The predicted molar refractivity (Wildman–Crippen MR) is 63.0 cm³/mol. The van der Waals surface area contributed by atoms with Crippen LogP contribution in [0.15, 0.2) is 30.7 Å². The molecule has 0 aliphatic rings. The number of halogens is 1. The molecule has 0 atom stereocenters. The average molecular weight is 235 g/mol. The van der Waals surface area contributed by atoms with Gasteiger partial charge in [-0.25, -0.2) is 9.97 Å². The van der Waals surface area contributed by atoms with Crippen molar-refractivity contribution in [1.82, 2.24) is 15.0 Å². The Balaban J connectivity index is 2.31. The molecule has 0 aliphatic carbocycles. The lowest BCUT2D eigenvalue weighted by Crippen LogP contribution is -2.04. The fourth-order valence-corrected chi connectivity index (χ4v) is 1.53. The van der Waals surface area contributed by atoms with Gasteiger partial charge in [-0.05, 0) is 30.7 Å². The summed E-state index contributed by atoms with van der Waals surface area (Å²) in [4.78, 5) is 12.6. The van der Waals surface area contributed by atoms with Crippen molar-refractivity contribution in [3.05, 3.63) is 41.3 Å². The highest BCUT2D eigenvalue weighted by Crippen LogP contribution is 2.21. The molecular weight excluding hydrogens is 224 g/mol. The van der Waals surface area contributed by atoms with Crippen LogP contribution in [-0.2, 0) is 6.42 Å². The van der Waals surface area contributed by atoms with E-state index in [0.29, 0.717) is 23.1 Å². The highest BCUT2D eigenvalue weighted by atomic mass is 35.5. The van der Waals surface area contributed by atoms with E-state index in [1.54, 1.807) is 30.7 Å². The molecule has 0 spiro atoms. The van der Waals surface area contributed by atoms with Crippen molar-refractivity contribution in [2.75, 3.05) is 6.54 Å². The Kier molecular flexibility index (Phi) is 3.44. The molecule has 0 fully saturated rings. The molecule has 16 heavy (non-hydrogen) atoms. The highest BCUT2D eigenvalue weighted by molar-refractivity contribution is 6.32. The SMILES string of the molecule is NCCc1cnc(-c2ncccc2Cl)nc1. The Morgan fingerprint density at radius 2 is 1.94 bits per heavy atom. The summed E-state index contributed by atoms with van der Waals surface area (Å²) < 4.78 is 0. The summed E-state index contributed by atoms with van der Waals surface area (Å²) in [5.74, 6) is 0.534. The van der Waals surface area contributed by atoms with E-state index in [1.807, 2.05) is 0 Å². The molecule has 0 saturated heterocycles. The van der Waals surface area contributed by atoms with Crippen molar-refractivity contribution in [3.8, 4) is 11.5 Å². The van der Waals surface area contributed by atoms with E-state index in [-0.39, 0.29) is 0 Å². The fraction of sp³-hybridized carbons (Fsp3) is 0.182. The van der Waals surface area contributed by atoms with Gasteiger partial charge in [0.15, 0.2) is 5.82 Å². The van der Waals surface area contributed by atoms with Crippen molar-refractivity contribution in [2.45, 2.75) is 6.42 Å². The van der Waals surface area contributed by atoms with Crippen LogP contribution in [-0.4, -0.2) is 21.5 Å². The van der Waals surface area contributed by atoms with Crippen LogP contribution in [0.4, 0.5) is 0 Å². The largest absolute Gasteiger partial charge is 0.330 e. The van der Waals surface area contributed by atoms with Gasteiger partial charge in [0.1, 0.15) is 5.69 Å². The number of hydrogen-bond acceptors (Lipinski definition) is 4. The third-order valence-corrected chi connectivity index (χ3v) is 2.41. The Labute approximate surface area is 98.5 Å². The molecule has 2 aromatic rings. The van der Waals surface area contributed by atoms with Gasteiger partial charge >= 0.3 is 0 Å². The molecule has 2 aromatic heterocycles. The molecule has 2 rings (SSSR count). The molecule has 0 radical (unpaired) electrons. The van der Waals surface area contributed by atoms with Crippen LogP contribution in [0.5, 0.6) is 0 Å². The standard InChI is InChI=1S/C11H11ClN4/c12-9-2-1-5-14-10(9)11-15-6-8(3-4-13)7-16-11/h1-2,5-7H,3-4,13H2. The van der Waals surface area contributed by atoms with Gasteiger partial charge in [0, 0.05) is 18.6 Å². The lowest BCUT2D eigenvalue weighted by Gasteiger charge is -2.02. The number of pyridine rings is 1. The molecule has 4 nitrogen and oxygen atoms in total. The zero-order valence-electron chi connectivity index (χ0n) is 8.60. The van der Waals surface area contributed by atoms with Crippen LogP contribution >= 0.6 is 11.6 Å². The maximum absolute atomic E-state index is 6.00. The molecule has 0 aromatic carbocycles. The zero-order chi connectivity index (χ0) is 11.4. The van der Waals surface area contributed by atoms with Gasteiger partial charge in [-0.15, -0.1) is 0 Å².